The second kappa shape index (κ2) is 5.33. The number of carbonyl (C=O) groups is 1. The number of hydrogen-bond acceptors (Lipinski definition) is 1. The highest BCUT2D eigenvalue weighted by molar-refractivity contribution is 5.88. The highest BCUT2D eigenvalue weighted by Gasteiger charge is 2.37. The minimum Gasteiger partial charge on any atom is -0.336 e. The molecule has 1 saturated carbocycles. The molecule has 0 aromatic heterocycles. The number of carbonyl (C=O) groups excluding carboxylic acids is 1. The lowest BCUT2D eigenvalue weighted by Gasteiger charge is -2.31. The molecular formula is C14H21NO. The van der Waals surface area contributed by atoms with Crippen LogP contribution < -0.4 is 0 Å². The fraction of sp³-hybridized carbons (Fsp3) is 0.643. The van der Waals surface area contributed by atoms with Crippen LogP contribution >= 0.6 is 0 Å². The zero-order valence-corrected chi connectivity index (χ0v) is 10.1. The van der Waals surface area contributed by atoms with Crippen LogP contribution in [-0.2, 0) is 4.79 Å². The van der Waals surface area contributed by atoms with Crippen LogP contribution in [0.1, 0.15) is 39.0 Å². The Labute approximate surface area is 98.0 Å². The maximum absolute atomic E-state index is 12.0. The van der Waals surface area contributed by atoms with Gasteiger partial charge >= 0.3 is 0 Å². The van der Waals surface area contributed by atoms with Gasteiger partial charge in [-0.05, 0) is 32.1 Å². The average molecular weight is 219 g/mol. The van der Waals surface area contributed by atoms with Gasteiger partial charge in [0.15, 0.2) is 0 Å². The van der Waals surface area contributed by atoms with Crippen LogP contribution in [0.25, 0.3) is 0 Å². The van der Waals surface area contributed by atoms with Crippen molar-refractivity contribution in [1.29, 1.82) is 0 Å². The maximum Gasteiger partial charge on any atom is 0.246 e. The largest absolute Gasteiger partial charge is 0.336 e. The molecule has 0 aromatic carbocycles. The molecule has 0 radical (unpaired) electrons. The molecule has 1 saturated heterocycles. The van der Waals surface area contributed by atoms with Crippen LogP contribution in [0.2, 0.25) is 0 Å². The summed E-state index contributed by atoms with van der Waals surface area (Å²) in [6.07, 6.45) is 13.8. The maximum atomic E-state index is 12.0. The van der Waals surface area contributed by atoms with E-state index < -0.39 is 0 Å². The number of nitrogens with zero attached hydrogens (tertiary/aromatic N) is 1. The van der Waals surface area contributed by atoms with E-state index >= 15 is 0 Å². The Morgan fingerprint density at radius 2 is 2.00 bits per heavy atom. The molecule has 88 valence electrons. The Morgan fingerprint density at radius 1 is 1.19 bits per heavy atom. The molecule has 2 unspecified atom stereocenters. The van der Waals surface area contributed by atoms with Crippen LogP contribution in [0.15, 0.2) is 24.3 Å². The van der Waals surface area contributed by atoms with E-state index in [2.05, 4.69) is 4.90 Å². The minimum absolute atomic E-state index is 0.201. The van der Waals surface area contributed by atoms with Gasteiger partial charge in [-0.1, -0.05) is 31.1 Å². The van der Waals surface area contributed by atoms with E-state index in [1.54, 1.807) is 6.08 Å². The van der Waals surface area contributed by atoms with Crippen molar-refractivity contribution in [3.8, 4) is 0 Å². The van der Waals surface area contributed by atoms with E-state index in [1.165, 1.54) is 32.1 Å². The number of fused-ring (bicyclic) bond motifs is 1. The zero-order valence-electron chi connectivity index (χ0n) is 10.1. The van der Waals surface area contributed by atoms with Crippen LogP contribution in [0, 0.1) is 5.92 Å². The third-order valence-corrected chi connectivity index (χ3v) is 3.84. The smallest absolute Gasteiger partial charge is 0.246 e. The van der Waals surface area contributed by atoms with Gasteiger partial charge < -0.3 is 4.90 Å². The van der Waals surface area contributed by atoms with Crippen molar-refractivity contribution in [3.63, 3.8) is 0 Å². The molecule has 0 bridgehead atoms. The van der Waals surface area contributed by atoms with Crippen molar-refractivity contribution in [3.05, 3.63) is 24.3 Å². The first-order valence-electron chi connectivity index (χ1n) is 6.43. The second-order valence-corrected chi connectivity index (χ2v) is 4.82. The minimum atomic E-state index is 0.201. The van der Waals surface area contributed by atoms with Crippen molar-refractivity contribution >= 4 is 5.91 Å². The molecular weight excluding hydrogens is 198 g/mol. The van der Waals surface area contributed by atoms with Gasteiger partial charge in [0, 0.05) is 18.7 Å². The van der Waals surface area contributed by atoms with Crippen LogP contribution in [0.3, 0.4) is 0 Å². The topological polar surface area (TPSA) is 20.3 Å². The van der Waals surface area contributed by atoms with Crippen molar-refractivity contribution < 1.29 is 4.79 Å². The van der Waals surface area contributed by atoms with E-state index in [9.17, 15) is 4.79 Å². The monoisotopic (exact) mass is 219 g/mol. The van der Waals surface area contributed by atoms with Gasteiger partial charge in [0.25, 0.3) is 0 Å². The Bertz CT molecular complexity index is 306. The summed E-state index contributed by atoms with van der Waals surface area (Å²) in [7, 11) is 0. The van der Waals surface area contributed by atoms with Crippen LogP contribution in [0.5, 0.6) is 0 Å². The van der Waals surface area contributed by atoms with Gasteiger partial charge in [-0.15, -0.1) is 0 Å². The molecule has 1 aliphatic carbocycles. The molecule has 2 rings (SSSR count). The van der Waals surface area contributed by atoms with Crippen LogP contribution in [-0.4, -0.2) is 23.4 Å². The third-order valence-electron chi connectivity index (χ3n) is 3.84. The standard InChI is InChI=1S/C14H21NO/c1-2-3-4-9-14(16)15-11-10-12-7-5-6-8-13(12)15/h2-4,9,12-13H,5-8,10-11H2,1H3. The molecule has 2 atom stereocenters. The fourth-order valence-electron chi connectivity index (χ4n) is 3.02. The lowest BCUT2D eigenvalue weighted by Crippen LogP contribution is -2.38. The Kier molecular flexibility index (Phi) is 3.81. The van der Waals surface area contributed by atoms with Crippen molar-refractivity contribution in [1.82, 2.24) is 4.90 Å². The Hall–Kier alpha value is -1.05. The molecule has 0 spiro atoms. The first-order valence-corrected chi connectivity index (χ1v) is 6.43. The van der Waals surface area contributed by atoms with Crippen molar-refractivity contribution in [2.45, 2.75) is 45.1 Å². The van der Waals surface area contributed by atoms with E-state index in [1.807, 2.05) is 25.2 Å². The summed E-state index contributed by atoms with van der Waals surface area (Å²) < 4.78 is 0. The van der Waals surface area contributed by atoms with Crippen molar-refractivity contribution in [2.75, 3.05) is 6.54 Å². The van der Waals surface area contributed by atoms with Crippen LogP contribution in [0.4, 0.5) is 0 Å². The number of rotatable bonds is 2. The molecule has 16 heavy (non-hydrogen) atoms. The molecule has 2 nitrogen and oxygen atoms in total. The van der Waals surface area contributed by atoms with Gasteiger partial charge in [0.1, 0.15) is 0 Å². The third kappa shape index (κ3) is 2.37. The SMILES string of the molecule is CC=CC=CC(=O)N1CCC2CCCCC21. The molecule has 0 aromatic rings. The summed E-state index contributed by atoms with van der Waals surface area (Å²) in [5, 5.41) is 0. The summed E-state index contributed by atoms with van der Waals surface area (Å²) in [6.45, 7) is 2.93. The summed E-state index contributed by atoms with van der Waals surface area (Å²) in [4.78, 5) is 14.1. The quantitative estimate of drug-likeness (QED) is 0.516. The Balaban J connectivity index is 1.96. The second-order valence-electron chi connectivity index (χ2n) is 4.82. The Morgan fingerprint density at radius 3 is 2.81 bits per heavy atom. The fourth-order valence-corrected chi connectivity index (χ4v) is 3.02. The molecule has 1 aliphatic heterocycles. The van der Waals surface area contributed by atoms with Gasteiger partial charge in [-0.3, -0.25) is 4.79 Å². The predicted molar refractivity (Wildman–Crippen MR) is 66.0 cm³/mol. The summed E-state index contributed by atoms with van der Waals surface area (Å²) >= 11 is 0. The number of allylic oxidation sites excluding steroid dienone is 3. The van der Waals surface area contributed by atoms with Gasteiger partial charge in [0.2, 0.25) is 5.91 Å². The van der Waals surface area contributed by atoms with E-state index in [0.29, 0.717) is 6.04 Å². The van der Waals surface area contributed by atoms with Crippen molar-refractivity contribution in [2.24, 2.45) is 5.92 Å². The van der Waals surface area contributed by atoms with E-state index in [0.717, 1.165) is 12.5 Å². The summed E-state index contributed by atoms with van der Waals surface area (Å²) in [6, 6.07) is 0.538. The van der Waals surface area contributed by atoms with E-state index in [-0.39, 0.29) is 5.91 Å². The predicted octanol–water partition coefficient (Wildman–Crippen LogP) is 2.91. The highest BCUT2D eigenvalue weighted by atomic mass is 16.2. The lowest BCUT2D eigenvalue weighted by atomic mass is 9.85. The van der Waals surface area contributed by atoms with Gasteiger partial charge in [-0.25, -0.2) is 0 Å². The molecule has 1 heterocycles. The number of hydrogen-bond donors (Lipinski definition) is 0. The first kappa shape index (κ1) is 11.4. The number of likely N-dealkylation sites (tertiary alicyclic amines) is 1. The highest BCUT2D eigenvalue weighted by Crippen LogP contribution is 2.36. The molecule has 1 amide bonds. The van der Waals surface area contributed by atoms with E-state index in [4.69, 9.17) is 0 Å². The normalized spacial score (nSPS) is 30.2. The average Bonchev–Trinajstić information content (AvgIpc) is 2.73. The summed E-state index contributed by atoms with van der Waals surface area (Å²) in [5.41, 5.74) is 0. The molecule has 0 N–H and O–H groups in total. The first-order chi connectivity index (χ1) is 7.83. The molecule has 2 heteroatoms. The molecule has 2 fully saturated rings. The molecule has 2 aliphatic rings. The lowest BCUT2D eigenvalue weighted by molar-refractivity contribution is -0.127. The summed E-state index contributed by atoms with van der Waals surface area (Å²) in [5.74, 6) is 0.986. The van der Waals surface area contributed by atoms with Gasteiger partial charge in [-0.2, -0.15) is 0 Å². The zero-order chi connectivity index (χ0) is 11.4. The van der Waals surface area contributed by atoms with Gasteiger partial charge in [0.05, 0.1) is 0 Å². The number of amides is 1.